The van der Waals surface area contributed by atoms with Gasteiger partial charge in [0.2, 0.25) is 0 Å². The average molecular weight is 436 g/mol. The van der Waals surface area contributed by atoms with Gasteiger partial charge in [0.25, 0.3) is 0 Å². The molecule has 3 heteroatoms. The molecule has 2 heterocycles. The molecule has 2 fully saturated rings. The van der Waals surface area contributed by atoms with Crippen LogP contribution < -0.4 is 8.92 Å². The third-order valence-electron chi connectivity index (χ3n) is 4.71. The second-order valence-corrected chi connectivity index (χ2v) is 11.8. The molecule has 0 amide bonds. The molecule has 120 valence electrons. The number of benzene rings is 2. The Morgan fingerprint density at radius 3 is 1.48 bits per heavy atom. The molecule has 0 N–H and O–H groups in total. The van der Waals surface area contributed by atoms with Gasteiger partial charge >= 0.3 is 152 Å². The summed E-state index contributed by atoms with van der Waals surface area (Å²) < 4.78 is 9.58. The SMILES string of the molecule is c1ccc([Se]C2CCC3OC2CCC3[Se]c2ccccc2)cc1. The van der Waals surface area contributed by atoms with Crippen LogP contribution in [0.3, 0.4) is 0 Å². The van der Waals surface area contributed by atoms with Crippen LogP contribution in [0.25, 0.3) is 0 Å². The number of hydrogen-bond acceptors (Lipinski definition) is 1. The summed E-state index contributed by atoms with van der Waals surface area (Å²) in [5.41, 5.74) is 0. The normalized spacial score (nSPS) is 30.1. The van der Waals surface area contributed by atoms with Crippen molar-refractivity contribution < 1.29 is 4.74 Å². The zero-order valence-electron chi connectivity index (χ0n) is 13.1. The van der Waals surface area contributed by atoms with E-state index in [0.717, 1.165) is 9.63 Å². The van der Waals surface area contributed by atoms with Crippen LogP contribution in [0.15, 0.2) is 60.7 Å². The van der Waals surface area contributed by atoms with Crippen molar-refractivity contribution in [1.82, 2.24) is 0 Å². The van der Waals surface area contributed by atoms with Crippen molar-refractivity contribution >= 4 is 38.8 Å². The molecule has 2 bridgehead atoms. The van der Waals surface area contributed by atoms with Crippen molar-refractivity contribution in [1.29, 1.82) is 0 Å². The van der Waals surface area contributed by atoms with E-state index in [0.29, 0.717) is 42.1 Å². The van der Waals surface area contributed by atoms with Crippen LogP contribution in [-0.2, 0) is 4.74 Å². The summed E-state index contributed by atoms with van der Waals surface area (Å²) in [7, 11) is 0. The maximum atomic E-state index is 6.52. The molecule has 2 aromatic carbocycles. The first kappa shape index (κ1) is 15.9. The minimum absolute atomic E-state index is 0.525. The summed E-state index contributed by atoms with van der Waals surface area (Å²) in [5.74, 6) is 0. The van der Waals surface area contributed by atoms with Gasteiger partial charge < -0.3 is 0 Å². The van der Waals surface area contributed by atoms with E-state index >= 15 is 0 Å². The summed E-state index contributed by atoms with van der Waals surface area (Å²) in [4.78, 5) is 1.57. The van der Waals surface area contributed by atoms with E-state index < -0.39 is 0 Å². The van der Waals surface area contributed by atoms with E-state index in [1.165, 1.54) is 34.6 Å². The van der Waals surface area contributed by atoms with Gasteiger partial charge in [-0.2, -0.15) is 0 Å². The van der Waals surface area contributed by atoms with Gasteiger partial charge in [-0.1, -0.05) is 0 Å². The second kappa shape index (κ2) is 7.55. The molecule has 0 aromatic heterocycles. The van der Waals surface area contributed by atoms with Crippen LogP contribution >= 0.6 is 0 Å². The number of hydrogen-bond donors (Lipinski definition) is 0. The van der Waals surface area contributed by atoms with E-state index in [1.807, 2.05) is 0 Å². The zero-order chi connectivity index (χ0) is 15.5. The van der Waals surface area contributed by atoms with Gasteiger partial charge in [0.05, 0.1) is 0 Å². The van der Waals surface area contributed by atoms with E-state index in [4.69, 9.17) is 4.74 Å². The van der Waals surface area contributed by atoms with E-state index in [1.54, 1.807) is 0 Å². The Bertz CT molecular complexity index is 561. The van der Waals surface area contributed by atoms with Gasteiger partial charge in [0.15, 0.2) is 0 Å². The van der Waals surface area contributed by atoms with Crippen LogP contribution in [0.4, 0.5) is 0 Å². The molecule has 1 nitrogen and oxygen atoms in total. The van der Waals surface area contributed by atoms with Crippen molar-refractivity contribution in [3.05, 3.63) is 60.7 Å². The molecule has 2 aromatic rings. The van der Waals surface area contributed by atoms with Crippen LogP contribution in [0.2, 0.25) is 9.63 Å². The number of rotatable bonds is 4. The van der Waals surface area contributed by atoms with Crippen molar-refractivity contribution in [2.75, 3.05) is 0 Å². The van der Waals surface area contributed by atoms with Crippen molar-refractivity contribution in [2.24, 2.45) is 0 Å². The van der Waals surface area contributed by atoms with Crippen LogP contribution in [0.1, 0.15) is 25.7 Å². The molecule has 0 aliphatic carbocycles. The third kappa shape index (κ3) is 3.92. The fourth-order valence-corrected chi connectivity index (χ4v) is 8.88. The standard InChI is InChI=1S/C20H22OSe2/c1-3-7-15(8-4-1)22-19-13-11-18-20(14-12-17(19)21-18)23-16-9-5-2-6-10-16/h1-10,17-20H,11-14H2. The van der Waals surface area contributed by atoms with Crippen molar-refractivity contribution in [3.8, 4) is 0 Å². The predicted molar refractivity (Wildman–Crippen MR) is 98.3 cm³/mol. The molecule has 4 unspecified atom stereocenters. The quantitative estimate of drug-likeness (QED) is 0.670. The molecular formula is C20H22OSe2. The van der Waals surface area contributed by atoms with E-state index in [9.17, 15) is 0 Å². The first-order valence-corrected chi connectivity index (χ1v) is 12.2. The Kier molecular flexibility index (Phi) is 5.23. The van der Waals surface area contributed by atoms with Crippen molar-refractivity contribution in [2.45, 2.75) is 47.5 Å². The topological polar surface area (TPSA) is 9.23 Å². The minimum atomic E-state index is 0.525. The summed E-state index contributed by atoms with van der Waals surface area (Å²) >= 11 is 1.13. The molecule has 0 saturated carbocycles. The van der Waals surface area contributed by atoms with Gasteiger partial charge in [0, 0.05) is 0 Å². The molecular weight excluding hydrogens is 414 g/mol. The fourth-order valence-electron chi connectivity index (χ4n) is 3.55. The summed E-state index contributed by atoms with van der Waals surface area (Å²) in [6.07, 6.45) is 6.33. The second-order valence-electron chi connectivity index (χ2n) is 6.31. The van der Waals surface area contributed by atoms with Crippen LogP contribution in [0.5, 0.6) is 0 Å². The summed E-state index contributed by atoms with van der Waals surface area (Å²) in [5, 5.41) is 0. The molecule has 4 atom stereocenters. The van der Waals surface area contributed by atoms with Crippen molar-refractivity contribution in [3.63, 3.8) is 0 Å². The third-order valence-corrected chi connectivity index (χ3v) is 10.5. The predicted octanol–water partition coefficient (Wildman–Crippen LogP) is 2.96. The molecule has 2 aliphatic heterocycles. The molecule has 23 heavy (non-hydrogen) atoms. The zero-order valence-corrected chi connectivity index (χ0v) is 16.6. The number of ether oxygens (including phenoxy) is 1. The van der Waals surface area contributed by atoms with Crippen LogP contribution in [-0.4, -0.2) is 42.1 Å². The average Bonchev–Trinajstić information content (AvgIpc) is 2.61. The van der Waals surface area contributed by atoms with Gasteiger partial charge in [-0.15, -0.1) is 0 Å². The molecule has 4 rings (SSSR count). The Morgan fingerprint density at radius 2 is 1.04 bits per heavy atom. The first-order valence-electron chi connectivity index (χ1n) is 8.47. The molecule has 2 aliphatic rings. The Labute approximate surface area is 151 Å². The van der Waals surface area contributed by atoms with E-state index in [-0.39, 0.29) is 0 Å². The number of fused-ring (bicyclic) bond motifs is 2. The molecule has 2 saturated heterocycles. The first-order chi connectivity index (χ1) is 11.4. The fraction of sp³-hybridized carbons (Fsp3) is 0.400. The van der Waals surface area contributed by atoms with Gasteiger partial charge in [-0.25, -0.2) is 0 Å². The molecule has 0 radical (unpaired) electrons. The monoisotopic (exact) mass is 438 g/mol. The Hall–Kier alpha value is -0.561. The molecule has 0 spiro atoms. The van der Waals surface area contributed by atoms with Crippen LogP contribution in [0, 0.1) is 0 Å². The van der Waals surface area contributed by atoms with Gasteiger partial charge in [0.1, 0.15) is 0 Å². The Balaban J connectivity index is 1.37. The summed E-state index contributed by atoms with van der Waals surface area (Å²) in [6.45, 7) is 0. The summed E-state index contributed by atoms with van der Waals surface area (Å²) in [6, 6.07) is 22.1. The Morgan fingerprint density at radius 1 is 0.609 bits per heavy atom. The van der Waals surface area contributed by atoms with Gasteiger partial charge in [-0.3, -0.25) is 0 Å². The van der Waals surface area contributed by atoms with Gasteiger partial charge in [-0.05, 0) is 0 Å². The maximum absolute atomic E-state index is 6.52. The van der Waals surface area contributed by atoms with E-state index in [2.05, 4.69) is 60.7 Å².